The van der Waals surface area contributed by atoms with Gasteiger partial charge in [0.05, 0.1) is 4.90 Å². The summed E-state index contributed by atoms with van der Waals surface area (Å²) in [6.45, 7) is 6.06. The second kappa shape index (κ2) is 7.72. The van der Waals surface area contributed by atoms with Crippen molar-refractivity contribution in [2.45, 2.75) is 38.1 Å². The van der Waals surface area contributed by atoms with E-state index < -0.39 is 10.0 Å². The van der Waals surface area contributed by atoms with Gasteiger partial charge in [-0.1, -0.05) is 45.7 Å². The third-order valence-corrected chi connectivity index (χ3v) is 6.88. The van der Waals surface area contributed by atoms with Crippen LogP contribution < -0.4 is 4.72 Å². The van der Waals surface area contributed by atoms with Crippen molar-refractivity contribution in [2.24, 2.45) is 5.92 Å². The van der Waals surface area contributed by atoms with Crippen molar-refractivity contribution in [3.8, 4) is 0 Å². The van der Waals surface area contributed by atoms with Crippen molar-refractivity contribution >= 4 is 57.8 Å². The van der Waals surface area contributed by atoms with Crippen molar-refractivity contribution in [3.63, 3.8) is 0 Å². The minimum absolute atomic E-state index is 0.119. The van der Waals surface area contributed by atoms with Crippen LogP contribution in [0.5, 0.6) is 0 Å². The van der Waals surface area contributed by atoms with Crippen molar-refractivity contribution in [1.29, 1.82) is 0 Å². The Morgan fingerprint density at radius 3 is 2.30 bits per heavy atom. The normalized spacial score (nSPS) is 13.8. The molecule has 0 aliphatic rings. The molecule has 0 saturated heterocycles. The van der Waals surface area contributed by atoms with Gasteiger partial charge in [0.1, 0.15) is 0 Å². The Hall–Kier alpha value is 0.570. The molecule has 7 heteroatoms. The van der Waals surface area contributed by atoms with Gasteiger partial charge in [-0.15, -0.1) is 0 Å². The molecule has 0 heterocycles. The first kappa shape index (κ1) is 18.6. The zero-order valence-corrected chi connectivity index (χ0v) is 17.2. The molecule has 1 aromatic carbocycles. The van der Waals surface area contributed by atoms with E-state index >= 15 is 0 Å². The second-order valence-corrected chi connectivity index (χ2v) is 9.17. The quantitative estimate of drug-likeness (QED) is 0.591. The lowest BCUT2D eigenvalue weighted by Crippen LogP contribution is -2.37. The van der Waals surface area contributed by atoms with Gasteiger partial charge in [0.15, 0.2) is 0 Å². The van der Waals surface area contributed by atoms with E-state index in [2.05, 4.69) is 66.4 Å². The van der Waals surface area contributed by atoms with E-state index in [1.54, 1.807) is 12.1 Å². The Morgan fingerprint density at radius 1 is 1.20 bits per heavy atom. The molecule has 0 aromatic heterocycles. The van der Waals surface area contributed by atoms with E-state index in [1.165, 1.54) is 0 Å². The van der Waals surface area contributed by atoms with Crippen LogP contribution in [-0.2, 0) is 10.0 Å². The largest absolute Gasteiger partial charge is 0.242 e. The number of hydrogen-bond acceptors (Lipinski definition) is 2. The predicted octanol–water partition coefficient (Wildman–Crippen LogP) is 4.61. The molecule has 0 amide bonds. The zero-order valence-electron chi connectivity index (χ0n) is 11.6. The summed E-state index contributed by atoms with van der Waals surface area (Å²) in [5.74, 6) is 0.424. The van der Waals surface area contributed by atoms with Gasteiger partial charge in [0.2, 0.25) is 10.0 Å². The van der Waals surface area contributed by atoms with Crippen LogP contribution in [0.15, 0.2) is 26.0 Å². The van der Waals surface area contributed by atoms with Gasteiger partial charge in [0, 0.05) is 20.3 Å². The van der Waals surface area contributed by atoms with Gasteiger partial charge in [-0.2, -0.15) is 0 Å². The molecule has 0 aliphatic heterocycles. The maximum absolute atomic E-state index is 12.5. The van der Waals surface area contributed by atoms with Crippen LogP contribution in [0.3, 0.4) is 0 Å². The fourth-order valence-corrected chi connectivity index (χ4v) is 5.40. The topological polar surface area (TPSA) is 46.2 Å². The van der Waals surface area contributed by atoms with Crippen LogP contribution in [-0.4, -0.2) is 19.8 Å². The Labute approximate surface area is 146 Å². The molecule has 114 valence electrons. The first-order valence-electron chi connectivity index (χ1n) is 6.21. The molecule has 1 aromatic rings. The molecule has 0 radical (unpaired) electrons. The second-order valence-electron chi connectivity index (χ2n) is 5.13. The van der Waals surface area contributed by atoms with E-state index in [-0.39, 0.29) is 10.9 Å². The summed E-state index contributed by atoms with van der Waals surface area (Å²) in [5.41, 5.74) is 0.982. The summed E-state index contributed by atoms with van der Waals surface area (Å²) in [6, 6.07) is 3.30. The first-order valence-corrected chi connectivity index (χ1v) is 10.4. The smallest absolute Gasteiger partial charge is 0.207 e. The fraction of sp³-hybridized carbons (Fsp3) is 0.538. The number of benzene rings is 1. The van der Waals surface area contributed by atoms with E-state index in [0.717, 1.165) is 16.5 Å². The highest BCUT2D eigenvalue weighted by atomic mass is 79.9. The number of sulfonamides is 1. The summed E-state index contributed by atoms with van der Waals surface area (Å²) in [5, 5.41) is 0.592. The lowest BCUT2D eigenvalue weighted by Gasteiger charge is -2.19. The number of rotatable bonds is 6. The number of halogens is 3. The fourth-order valence-electron chi connectivity index (χ4n) is 1.83. The molecule has 1 unspecified atom stereocenters. The van der Waals surface area contributed by atoms with Crippen LogP contribution in [0.1, 0.15) is 25.8 Å². The third-order valence-electron chi connectivity index (χ3n) is 2.77. The molecule has 20 heavy (non-hydrogen) atoms. The maximum atomic E-state index is 12.5. The summed E-state index contributed by atoms with van der Waals surface area (Å²) in [7, 11) is -3.54. The highest BCUT2D eigenvalue weighted by Gasteiger charge is 2.23. The third kappa shape index (κ3) is 5.09. The number of hydrogen-bond donors (Lipinski definition) is 1. The average molecular weight is 492 g/mol. The first-order chi connectivity index (χ1) is 9.17. The van der Waals surface area contributed by atoms with Crippen LogP contribution in [0.2, 0.25) is 0 Å². The van der Waals surface area contributed by atoms with Crippen LogP contribution in [0.4, 0.5) is 0 Å². The maximum Gasteiger partial charge on any atom is 0.242 e. The standard InChI is InChI=1S/C13H18Br3NO2S/c1-8(2)4-10(7-14)17-20(18,19)13-6-11(15)9(3)5-12(13)16/h5-6,8,10,17H,4,7H2,1-3H3. The Kier molecular flexibility index (Phi) is 7.19. The molecular weight excluding hydrogens is 474 g/mol. The summed E-state index contributed by atoms with van der Waals surface area (Å²) in [4.78, 5) is 0.254. The number of aryl methyl sites for hydroxylation is 1. The summed E-state index contributed by atoms with van der Waals surface area (Å²) < 4.78 is 29.1. The summed E-state index contributed by atoms with van der Waals surface area (Å²) >= 11 is 10.1. The van der Waals surface area contributed by atoms with Crippen molar-refractivity contribution in [2.75, 3.05) is 5.33 Å². The molecule has 0 saturated carbocycles. The van der Waals surface area contributed by atoms with Gasteiger partial charge in [-0.25, -0.2) is 13.1 Å². The predicted molar refractivity (Wildman–Crippen MR) is 93.9 cm³/mol. The van der Waals surface area contributed by atoms with Gasteiger partial charge >= 0.3 is 0 Å². The Bertz CT molecular complexity index is 573. The van der Waals surface area contributed by atoms with Gasteiger partial charge in [-0.05, 0) is 52.9 Å². The minimum Gasteiger partial charge on any atom is -0.207 e. The molecule has 3 nitrogen and oxygen atoms in total. The Balaban J connectivity index is 3.08. The average Bonchev–Trinajstić information content (AvgIpc) is 2.31. The zero-order chi connectivity index (χ0) is 15.5. The van der Waals surface area contributed by atoms with Crippen molar-refractivity contribution < 1.29 is 8.42 Å². The molecule has 1 rings (SSSR count). The summed E-state index contributed by atoms with van der Waals surface area (Å²) in [6.07, 6.45) is 0.787. The van der Waals surface area contributed by atoms with E-state index in [1.807, 2.05) is 6.92 Å². The highest BCUT2D eigenvalue weighted by Crippen LogP contribution is 2.29. The van der Waals surface area contributed by atoms with Gasteiger partial charge in [0.25, 0.3) is 0 Å². The monoisotopic (exact) mass is 489 g/mol. The lowest BCUT2D eigenvalue weighted by molar-refractivity contribution is 0.488. The molecular formula is C13H18Br3NO2S. The molecule has 0 fully saturated rings. The van der Waals surface area contributed by atoms with Crippen LogP contribution >= 0.6 is 47.8 Å². The van der Waals surface area contributed by atoms with Crippen molar-refractivity contribution in [3.05, 3.63) is 26.6 Å². The van der Waals surface area contributed by atoms with E-state index in [0.29, 0.717) is 15.7 Å². The molecule has 1 atom stereocenters. The van der Waals surface area contributed by atoms with E-state index in [4.69, 9.17) is 0 Å². The Morgan fingerprint density at radius 2 is 1.80 bits per heavy atom. The lowest BCUT2D eigenvalue weighted by atomic mass is 10.1. The van der Waals surface area contributed by atoms with E-state index in [9.17, 15) is 8.42 Å². The van der Waals surface area contributed by atoms with Crippen LogP contribution in [0.25, 0.3) is 0 Å². The highest BCUT2D eigenvalue weighted by molar-refractivity contribution is 9.11. The van der Waals surface area contributed by atoms with Crippen LogP contribution in [0, 0.1) is 12.8 Å². The van der Waals surface area contributed by atoms with Gasteiger partial charge < -0.3 is 0 Å². The number of nitrogens with one attached hydrogen (secondary N) is 1. The molecule has 1 N–H and O–H groups in total. The molecule has 0 spiro atoms. The molecule has 0 aliphatic carbocycles. The van der Waals surface area contributed by atoms with Gasteiger partial charge in [-0.3, -0.25) is 0 Å². The number of alkyl halides is 1. The minimum atomic E-state index is -3.54. The SMILES string of the molecule is Cc1cc(Br)c(S(=O)(=O)NC(CBr)CC(C)C)cc1Br. The molecule has 0 bridgehead atoms. The van der Waals surface area contributed by atoms with Crippen molar-refractivity contribution in [1.82, 2.24) is 4.72 Å².